The van der Waals surface area contributed by atoms with Crippen molar-refractivity contribution in [3.63, 3.8) is 0 Å². The lowest BCUT2D eigenvalue weighted by Gasteiger charge is -2.33. The Morgan fingerprint density at radius 1 is 1.29 bits per heavy atom. The molecule has 9 heteroatoms. The molecule has 1 fully saturated rings. The first-order chi connectivity index (χ1) is 12.3. The van der Waals surface area contributed by atoms with Crippen molar-refractivity contribution in [3.8, 4) is 0 Å². The van der Waals surface area contributed by atoms with Gasteiger partial charge in [0.2, 0.25) is 5.91 Å². The molecule has 0 spiro atoms. The van der Waals surface area contributed by atoms with Crippen LogP contribution in [0.2, 0.25) is 0 Å². The Labute approximate surface area is 177 Å². The summed E-state index contributed by atoms with van der Waals surface area (Å²) < 4.78 is 1.65. The van der Waals surface area contributed by atoms with E-state index in [1.807, 2.05) is 25.7 Å². The molecule has 0 bridgehead atoms. The molecule has 3 rings (SSSR count). The van der Waals surface area contributed by atoms with Gasteiger partial charge in [-0.3, -0.25) is 19.4 Å². The van der Waals surface area contributed by atoms with Crippen molar-refractivity contribution in [2.45, 2.75) is 52.5 Å². The molecule has 0 saturated carbocycles. The molecule has 2 aromatic heterocycles. The number of rotatable bonds is 4. The van der Waals surface area contributed by atoms with Crippen molar-refractivity contribution in [2.75, 3.05) is 13.1 Å². The molecule has 0 aromatic carbocycles. The molecular weight excluding hydrogens is 401 g/mol. The minimum absolute atomic E-state index is 0. The molecule has 3 N–H and O–H groups in total. The second-order valence-corrected chi connectivity index (χ2v) is 7.58. The van der Waals surface area contributed by atoms with Crippen molar-refractivity contribution < 1.29 is 4.79 Å². The maximum absolute atomic E-state index is 12.6. The van der Waals surface area contributed by atoms with Crippen LogP contribution in [0.25, 0.3) is 11.0 Å². The average Bonchev–Trinajstić information content (AvgIpc) is 2.88. The number of nitrogens with one attached hydrogen (secondary N) is 1. The third-order valence-corrected chi connectivity index (χ3v) is 5.80. The van der Waals surface area contributed by atoms with Crippen LogP contribution < -0.4 is 11.3 Å². The van der Waals surface area contributed by atoms with Gasteiger partial charge < -0.3 is 10.6 Å². The highest BCUT2D eigenvalue weighted by atomic mass is 35.5. The fraction of sp³-hybridized carbons (Fsp3) is 0.632. The van der Waals surface area contributed by atoms with Crippen molar-refractivity contribution in [2.24, 2.45) is 18.7 Å². The molecule has 158 valence electrons. The summed E-state index contributed by atoms with van der Waals surface area (Å²) in [4.78, 5) is 31.3. The molecule has 1 saturated heterocycles. The first kappa shape index (κ1) is 24.5. The number of hydrogen-bond acceptors (Lipinski definition) is 4. The van der Waals surface area contributed by atoms with E-state index in [0.717, 1.165) is 42.8 Å². The maximum Gasteiger partial charge on any atom is 0.273 e. The number of fused-ring (bicyclic) bond motifs is 1. The molecule has 1 atom stereocenters. The maximum atomic E-state index is 12.6. The van der Waals surface area contributed by atoms with Gasteiger partial charge in [-0.15, -0.1) is 24.8 Å². The Bertz CT molecular complexity index is 883. The predicted octanol–water partition coefficient (Wildman–Crippen LogP) is 2.24. The van der Waals surface area contributed by atoms with Crippen LogP contribution in [0.5, 0.6) is 0 Å². The summed E-state index contributed by atoms with van der Waals surface area (Å²) in [5.74, 6) is 0.689. The molecular formula is C19H31Cl2N5O2. The molecule has 28 heavy (non-hydrogen) atoms. The zero-order valence-corrected chi connectivity index (χ0v) is 18.6. The zero-order valence-electron chi connectivity index (χ0n) is 16.9. The van der Waals surface area contributed by atoms with Gasteiger partial charge in [-0.25, -0.2) is 4.98 Å². The first-order valence-electron chi connectivity index (χ1n) is 9.37. The zero-order chi connectivity index (χ0) is 19.0. The second kappa shape index (κ2) is 9.76. The van der Waals surface area contributed by atoms with E-state index in [9.17, 15) is 9.59 Å². The Kier molecular flexibility index (Phi) is 8.53. The first-order valence-corrected chi connectivity index (χ1v) is 9.37. The van der Waals surface area contributed by atoms with E-state index in [4.69, 9.17) is 5.73 Å². The number of aromatic nitrogens is 3. The summed E-state index contributed by atoms with van der Waals surface area (Å²) in [6.45, 7) is 7.51. The van der Waals surface area contributed by atoms with Gasteiger partial charge in [0.05, 0.1) is 5.39 Å². The van der Waals surface area contributed by atoms with Crippen LogP contribution in [0.1, 0.15) is 43.0 Å². The largest absolute Gasteiger partial charge is 0.343 e. The number of hydrogen-bond donors (Lipinski definition) is 2. The Morgan fingerprint density at radius 2 is 1.89 bits per heavy atom. The number of nitrogens with zero attached hydrogens (tertiary/aromatic N) is 3. The van der Waals surface area contributed by atoms with Crippen LogP contribution >= 0.6 is 24.8 Å². The molecule has 0 aliphatic carbocycles. The lowest BCUT2D eigenvalue weighted by atomic mass is 9.90. The van der Waals surface area contributed by atoms with E-state index in [2.05, 4.69) is 10.1 Å². The third-order valence-electron chi connectivity index (χ3n) is 5.80. The number of aryl methyl sites for hydroxylation is 3. The topological polar surface area (TPSA) is 97.0 Å². The van der Waals surface area contributed by atoms with Gasteiger partial charge in [0.1, 0.15) is 0 Å². The number of nitrogens with two attached hydrogens (primary N) is 1. The van der Waals surface area contributed by atoms with Gasteiger partial charge in [0, 0.05) is 38.3 Å². The molecule has 1 unspecified atom stereocenters. The highest BCUT2D eigenvalue weighted by Crippen LogP contribution is 2.23. The lowest BCUT2D eigenvalue weighted by molar-refractivity contribution is -0.132. The van der Waals surface area contributed by atoms with Crippen LogP contribution in [0.3, 0.4) is 0 Å². The Hall–Kier alpha value is -1.57. The number of carbonyl (C=O) groups excluding carboxylic acids is 1. The smallest absolute Gasteiger partial charge is 0.273 e. The Balaban J connectivity index is 0.00000196. The normalized spacial score (nSPS) is 15.8. The van der Waals surface area contributed by atoms with E-state index < -0.39 is 0 Å². The number of carbonyl (C=O) groups is 1. The third kappa shape index (κ3) is 4.70. The average molecular weight is 432 g/mol. The molecule has 3 heterocycles. The number of H-pyrrole nitrogens is 1. The van der Waals surface area contributed by atoms with Crippen molar-refractivity contribution in [3.05, 3.63) is 27.2 Å². The highest BCUT2D eigenvalue weighted by Gasteiger charge is 2.25. The van der Waals surface area contributed by atoms with Crippen LogP contribution in [-0.4, -0.2) is 44.7 Å². The number of amides is 1. The molecule has 1 amide bonds. The van der Waals surface area contributed by atoms with Gasteiger partial charge in [-0.2, -0.15) is 0 Å². The summed E-state index contributed by atoms with van der Waals surface area (Å²) in [7, 11) is 1.78. The fourth-order valence-electron chi connectivity index (χ4n) is 4.08. The summed E-state index contributed by atoms with van der Waals surface area (Å²) >= 11 is 0. The highest BCUT2D eigenvalue weighted by molar-refractivity contribution is 5.85. The van der Waals surface area contributed by atoms with Crippen LogP contribution in [0.4, 0.5) is 0 Å². The van der Waals surface area contributed by atoms with Crippen molar-refractivity contribution in [1.29, 1.82) is 0 Å². The summed E-state index contributed by atoms with van der Waals surface area (Å²) in [5, 5.41) is 3.38. The molecule has 1 aliphatic rings. The van der Waals surface area contributed by atoms with E-state index in [1.54, 1.807) is 11.7 Å². The molecule has 1 aliphatic heterocycles. The molecule has 7 nitrogen and oxygen atoms in total. The van der Waals surface area contributed by atoms with Crippen molar-refractivity contribution in [1.82, 2.24) is 19.7 Å². The summed E-state index contributed by atoms with van der Waals surface area (Å²) in [6, 6.07) is 0.194. The van der Waals surface area contributed by atoms with Gasteiger partial charge in [0.25, 0.3) is 5.56 Å². The fourth-order valence-corrected chi connectivity index (χ4v) is 4.08. The minimum Gasteiger partial charge on any atom is -0.343 e. The Morgan fingerprint density at radius 3 is 2.46 bits per heavy atom. The van der Waals surface area contributed by atoms with E-state index in [1.165, 1.54) is 0 Å². The summed E-state index contributed by atoms with van der Waals surface area (Å²) in [6.07, 6.45) is 3.02. The quantitative estimate of drug-likeness (QED) is 0.775. The molecule has 0 radical (unpaired) electrons. The van der Waals surface area contributed by atoms with Crippen LogP contribution in [0.15, 0.2) is 4.79 Å². The van der Waals surface area contributed by atoms with Crippen LogP contribution in [0, 0.1) is 19.8 Å². The second-order valence-electron chi connectivity index (χ2n) is 7.58. The SMILES string of the molecule is Cc1nc2c(c(C)c1CCC(=O)N1CCC(C(C)N)CC1)c(=O)[nH]n2C.Cl.Cl. The summed E-state index contributed by atoms with van der Waals surface area (Å²) in [5.41, 5.74) is 9.33. The lowest BCUT2D eigenvalue weighted by Crippen LogP contribution is -2.42. The predicted molar refractivity (Wildman–Crippen MR) is 117 cm³/mol. The van der Waals surface area contributed by atoms with Gasteiger partial charge in [0.15, 0.2) is 5.65 Å². The van der Waals surface area contributed by atoms with Gasteiger partial charge >= 0.3 is 0 Å². The van der Waals surface area contributed by atoms with E-state index in [-0.39, 0.29) is 42.3 Å². The monoisotopic (exact) mass is 431 g/mol. The van der Waals surface area contributed by atoms with Crippen LogP contribution in [-0.2, 0) is 18.3 Å². The van der Waals surface area contributed by atoms with Gasteiger partial charge in [-0.05, 0) is 57.1 Å². The number of likely N-dealkylation sites (tertiary alicyclic amines) is 1. The van der Waals surface area contributed by atoms with E-state index in [0.29, 0.717) is 29.8 Å². The number of piperidine rings is 1. The number of halogens is 2. The molecule has 2 aromatic rings. The van der Waals surface area contributed by atoms with Gasteiger partial charge in [-0.1, -0.05) is 0 Å². The minimum atomic E-state index is -0.127. The van der Waals surface area contributed by atoms with Crippen molar-refractivity contribution >= 4 is 41.8 Å². The number of aromatic amines is 1. The number of pyridine rings is 1. The standard InChI is InChI=1S/C19H29N5O2.2ClH/c1-11-15(13(3)21-18-17(11)19(26)22-23(18)4)5-6-16(25)24-9-7-14(8-10-24)12(2)20;;/h12,14H,5-10,20H2,1-4H3,(H,22,26);2*1H. The van der Waals surface area contributed by atoms with E-state index >= 15 is 0 Å².